The molecule has 4 heteroatoms. The van der Waals surface area contributed by atoms with E-state index in [1.165, 1.54) is 5.56 Å². The SMILES string of the molecule is C#CC1(CCCC)CCN(Cc2ccccc2)C(OC(N)=O)C1. The Morgan fingerprint density at radius 2 is 2.22 bits per heavy atom. The van der Waals surface area contributed by atoms with Crippen LogP contribution in [0.15, 0.2) is 30.3 Å². The van der Waals surface area contributed by atoms with Gasteiger partial charge in [-0.3, -0.25) is 4.90 Å². The third kappa shape index (κ3) is 4.74. The summed E-state index contributed by atoms with van der Waals surface area (Å²) < 4.78 is 5.38. The van der Waals surface area contributed by atoms with Gasteiger partial charge in [0.05, 0.1) is 0 Å². The maximum Gasteiger partial charge on any atom is 0.406 e. The summed E-state index contributed by atoms with van der Waals surface area (Å²) in [6.45, 7) is 3.69. The summed E-state index contributed by atoms with van der Waals surface area (Å²) in [4.78, 5) is 13.5. The number of rotatable bonds is 6. The highest BCUT2D eigenvalue weighted by Crippen LogP contribution is 2.39. The summed E-state index contributed by atoms with van der Waals surface area (Å²) in [6, 6.07) is 10.2. The van der Waals surface area contributed by atoms with Crippen LogP contribution < -0.4 is 5.73 Å². The average molecular weight is 314 g/mol. The summed E-state index contributed by atoms with van der Waals surface area (Å²) in [5.74, 6) is 2.98. The zero-order chi connectivity index (χ0) is 16.7. The minimum Gasteiger partial charge on any atom is -0.430 e. The first-order chi connectivity index (χ1) is 11.1. The van der Waals surface area contributed by atoms with Crippen molar-refractivity contribution in [1.82, 2.24) is 4.90 Å². The van der Waals surface area contributed by atoms with Crippen molar-refractivity contribution >= 4 is 6.09 Å². The molecule has 1 aromatic rings. The van der Waals surface area contributed by atoms with Crippen molar-refractivity contribution in [3.63, 3.8) is 0 Å². The van der Waals surface area contributed by atoms with Crippen molar-refractivity contribution in [1.29, 1.82) is 0 Å². The second-order valence-electron chi connectivity index (χ2n) is 6.33. The van der Waals surface area contributed by atoms with E-state index in [4.69, 9.17) is 16.9 Å². The summed E-state index contributed by atoms with van der Waals surface area (Å²) in [6.07, 6.45) is 9.48. The average Bonchev–Trinajstić information content (AvgIpc) is 2.56. The number of ether oxygens (including phenoxy) is 1. The summed E-state index contributed by atoms with van der Waals surface area (Å²) in [7, 11) is 0. The Balaban J connectivity index is 2.11. The number of terminal acetylenes is 1. The maximum atomic E-state index is 11.3. The third-order valence-corrected chi connectivity index (χ3v) is 4.65. The predicted molar refractivity (Wildman–Crippen MR) is 91.3 cm³/mol. The van der Waals surface area contributed by atoms with Crippen molar-refractivity contribution in [3.05, 3.63) is 35.9 Å². The van der Waals surface area contributed by atoms with E-state index in [0.717, 1.165) is 38.8 Å². The fraction of sp³-hybridized carbons (Fsp3) is 0.526. The molecule has 0 saturated carbocycles. The van der Waals surface area contributed by atoms with Crippen LogP contribution in [0.3, 0.4) is 0 Å². The van der Waals surface area contributed by atoms with Crippen LogP contribution in [-0.2, 0) is 11.3 Å². The number of nitrogens with zero attached hydrogens (tertiary/aromatic N) is 1. The van der Waals surface area contributed by atoms with Gasteiger partial charge < -0.3 is 10.5 Å². The normalized spacial score (nSPS) is 24.8. The molecule has 23 heavy (non-hydrogen) atoms. The molecule has 1 aliphatic rings. The number of benzene rings is 1. The minimum absolute atomic E-state index is 0.191. The first-order valence-electron chi connectivity index (χ1n) is 8.30. The predicted octanol–water partition coefficient (Wildman–Crippen LogP) is 3.51. The van der Waals surface area contributed by atoms with Gasteiger partial charge in [0.1, 0.15) is 0 Å². The molecule has 1 heterocycles. The van der Waals surface area contributed by atoms with Gasteiger partial charge >= 0.3 is 6.09 Å². The molecule has 2 rings (SSSR count). The van der Waals surface area contributed by atoms with Gasteiger partial charge in [-0.1, -0.05) is 56.0 Å². The lowest BCUT2D eigenvalue weighted by Crippen LogP contribution is -2.49. The van der Waals surface area contributed by atoms with Crippen LogP contribution in [0, 0.1) is 17.8 Å². The topological polar surface area (TPSA) is 55.6 Å². The quantitative estimate of drug-likeness (QED) is 0.817. The van der Waals surface area contributed by atoms with Crippen LogP contribution in [0.1, 0.15) is 44.6 Å². The van der Waals surface area contributed by atoms with E-state index in [2.05, 4.69) is 29.9 Å². The van der Waals surface area contributed by atoms with E-state index in [-0.39, 0.29) is 11.6 Å². The van der Waals surface area contributed by atoms with E-state index in [1.807, 2.05) is 18.2 Å². The molecule has 1 saturated heterocycles. The molecule has 1 aliphatic heterocycles. The van der Waals surface area contributed by atoms with E-state index >= 15 is 0 Å². The van der Waals surface area contributed by atoms with Gasteiger partial charge in [0.2, 0.25) is 0 Å². The highest BCUT2D eigenvalue weighted by Gasteiger charge is 2.39. The molecular weight excluding hydrogens is 288 g/mol. The standard InChI is InChI=1S/C19H26N2O2/c1-3-5-11-19(4-2)12-13-21(17(14-19)23-18(20)22)15-16-9-7-6-8-10-16/h2,6-10,17H,3,5,11-15H2,1H3,(H2,20,22). The number of hydrogen-bond donors (Lipinski definition) is 1. The van der Waals surface area contributed by atoms with Gasteiger partial charge in [0, 0.05) is 24.9 Å². The van der Waals surface area contributed by atoms with Crippen molar-refractivity contribution in [2.75, 3.05) is 6.54 Å². The highest BCUT2D eigenvalue weighted by atomic mass is 16.6. The lowest BCUT2D eigenvalue weighted by Gasteiger charge is -2.43. The first kappa shape index (κ1) is 17.4. The highest BCUT2D eigenvalue weighted by molar-refractivity contribution is 5.64. The molecule has 0 bridgehead atoms. The van der Waals surface area contributed by atoms with Gasteiger partial charge in [-0.15, -0.1) is 6.42 Å². The van der Waals surface area contributed by atoms with Gasteiger partial charge in [-0.25, -0.2) is 4.79 Å². The van der Waals surface area contributed by atoms with Crippen LogP contribution in [0.2, 0.25) is 0 Å². The third-order valence-electron chi connectivity index (χ3n) is 4.65. The largest absolute Gasteiger partial charge is 0.430 e. The van der Waals surface area contributed by atoms with Crippen molar-refractivity contribution in [2.45, 2.75) is 51.8 Å². The van der Waals surface area contributed by atoms with Crippen molar-refractivity contribution in [3.8, 4) is 12.3 Å². The molecule has 124 valence electrons. The summed E-state index contributed by atoms with van der Waals surface area (Å²) in [5.41, 5.74) is 6.27. The van der Waals surface area contributed by atoms with Gasteiger partial charge in [-0.2, -0.15) is 0 Å². The maximum absolute atomic E-state index is 11.3. The van der Waals surface area contributed by atoms with E-state index in [1.54, 1.807) is 0 Å². The molecule has 1 fully saturated rings. The Bertz CT molecular complexity index is 552. The molecule has 2 atom stereocenters. The monoisotopic (exact) mass is 314 g/mol. The second-order valence-corrected chi connectivity index (χ2v) is 6.33. The first-order valence-corrected chi connectivity index (χ1v) is 8.30. The fourth-order valence-electron chi connectivity index (χ4n) is 3.26. The molecular formula is C19H26N2O2. The number of unbranched alkanes of at least 4 members (excludes halogenated alkanes) is 1. The Morgan fingerprint density at radius 1 is 1.48 bits per heavy atom. The van der Waals surface area contributed by atoms with Crippen LogP contribution in [0.5, 0.6) is 0 Å². The lowest BCUT2D eigenvalue weighted by atomic mass is 9.74. The van der Waals surface area contributed by atoms with Gasteiger partial charge in [0.15, 0.2) is 6.23 Å². The Hall–Kier alpha value is -1.99. The zero-order valence-electron chi connectivity index (χ0n) is 13.8. The van der Waals surface area contributed by atoms with Crippen LogP contribution in [-0.4, -0.2) is 23.8 Å². The number of nitrogens with two attached hydrogens (primary N) is 1. The fourth-order valence-corrected chi connectivity index (χ4v) is 3.26. The number of carbonyl (C=O) groups excluding carboxylic acids is 1. The van der Waals surface area contributed by atoms with Crippen molar-refractivity contribution < 1.29 is 9.53 Å². The number of amides is 1. The molecule has 2 N–H and O–H groups in total. The summed E-state index contributed by atoms with van der Waals surface area (Å²) >= 11 is 0. The van der Waals surface area contributed by atoms with E-state index in [9.17, 15) is 4.79 Å². The molecule has 0 spiro atoms. The zero-order valence-corrected chi connectivity index (χ0v) is 13.8. The molecule has 1 aromatic carbocycles. The van der Waals surface area contributed by atoms with Crippen LogP contribution in [0.25, 0.3) is 0 Å². The molecule has 0 aromatic heterocycles. The summed E-state index contributed by atoms with van der Waals surface area (Å²) in [5, 5.41) is 0. The molecule has 0 aliphatic carbocycles. The number of piperidine rings is 1. The van der Waals surface area contributed by atoms with Crippen LogP contribution in [0.4, 0.5) is 4.79 Å². The molecule has 0 radical (unpaired) electrons. The molecule has 4 nitrogen and oxygen atoms in total. The lowest BCUT2D eigenvalue weighted by molar-refractivity contribution is -0.0694. The van der Waals surface area contributed by atoms with E-state index < -0.39 is 6.09 Å². The minimum atomic E-state index is -0.739. The number of primary amides is 1. The molecule has 1 amide bonds. The molecule has 2 unspecified atom stereocenters. The van der Waals surface area contributed by atoms with Gasteiger partial charge in [-0.05, 0) is 18.4 Å². The number of hydrogen-bond acceptors (Lipinski definition) is 3. The Morgan fingerprint density at radius 3 is 2.83 bits per heavy atom. The number of likely N-dealkylation sites (tertiary alicyclic amines) is 1. The van der Waals surface area contributed by atoms with Crippen molar-refractivity contribution in [2.24, 2.45) is 11.1 Å². The Labute approximate surface area is 139 Å². The smallest absolute Gasteiger partial charge is 0.406 e. The van der Waals surface area contributed by atoms with E-state index in [0.29, 0.717) is 6.42 Å². The Kier molecular flexibility index (Phi) is 6.06. The second kappa shape index (κ2) is 8.03. The number of carbonyl (C=O) groups is 1. The van der Waals surface area contributed by atoms with Crippen LogP contribution >= 0.6 is 0 Å². The van der Waals surface area contributed by atoms with Gasteiger partial charge in [0.25, 0.3) is 0 Å².